The zero-order valence-electron chi connectivity index (χ0n) is 20.5. The van der Waals surface area contributed by atoms with Crippen LogP contribution in [0.2, 0.25) is 5.02 Å². The topological polar surface area (TPSA) is 83.0 Å². The molecule has 190 valence electrons. The summed E-state index contributed by atoms with van der Waals surface area (Å²) in [5.41, 5.74) is 3.24. The van der Waals surface area contributed by atoms with Gasteiger partial charge in [0.2, 0.25) is 5.91 Å². The van der Waals surface area contributed by atoms with Gasteiger partial charge in [-0.25, -0.2) is 9.97 Å². The zero-order valence-corrected chi connectivity index (χ0v) is 22.9. The van der Waals surface area contributed by atoms with Crippen molar-refractivity contribution in [1.29, 1.82) is 0 Å². The summed E-state index contributed by atoms with van der Waals surface area (Å²) in [6.45, 7) is 6.97. The van der Waals surface area contributed by atoms with Crippen molar-refractivity contribution in [3.63, 3.8) is 0 Å². The van der Waals surface area contributed by atoms with Gasteiger partial charge in [0.25, 0.3) is 0 Å². The Labute approximate surface area is 226 Å². The molecule has 36 heavy (non-hydrogen) atoms. The monoisotopic (exact) mass is 570 g/mol. The highest BCUT2D eigenvalue weighted by Crippen LogP contribution is 2.26. The molecule has 0 aliphatic carbocycles. The summed E-state index contributed by atoms with van der Waals surface area (Å²) in [5.74, 6) is 0.622. The van der Waals surface area contributed by atoms with Gasteiger partial charge >= 0.3 is 0 Å². The number of pyridine rings is 1. The number of nitrogens with zero attached hydrogens (tertiary/aromatic N) is 4. The average molecular weight is 572 g/mol. The molecule has 7 nitrogen and oxygen atoms in total. The minimum absolute atomic E-state index is 0.0729. The number of benzene rings is 1. The van der Waals surface area contributed by atoms with Crippen molar-refractivity contribution in [3.8, 4) is 11.5 Å². The van der Waals surface area contributed by atoms with Gasteiger partial charge in [0.05, 0.1) is 22.5 Å². The van der Waals surface area contributed by atoms with Crippen LogP contribution in [-0.4, -0.2) is 58.5 Å². The number of amides is 1. The SMILES string of the molecule is Cc1nc(-c2ccc(Br)cn2)nc(CC[C@H](NC(=O)CCCN2CCNCC2)c2ccccc2)c1Cl. The molecule has 0 bridgehead atoms. The molecule has 0 saturated carbocycles. The predicted octanol–water partition coefficient (Wildman–Crippen LogP) is 4.74. The summed E-state index contributed by atoms with van der Waals surface area (Å²) in [4.78, 5) is 29.0. The summed E-state index contributed by atoms with van der Waals surface area (Å²) in [6.07, 6.45) is 4.38. The van der Waals surface area contributed by atoms with Crippen LogP contribution in [0.5, 0.6) is 0 Å². The Bertz CT molecular complexity index is 1140. The fourth-order valence-electron chi connectivity index (χ4n) is 4.36. The fraction of sp³-hybridized carbons (Fsp3) is 0.407. The van der Waals surface area contributed by atoms with E-state index in [9.17, 15) is 4.79 Å². The molecule has 1 aliphatic heterocycles. The highest BCUT2D eigenvalue weighted by Gasteiger charge is 2.18. The number of hydrogen-bond acceptors (Lipinski definition) is 6. The first-order valence-corrected chi connectivity index (χ1v) is 13.6. The van der Waals surface area contributed by atoms with Crippen LogP contribution in [0.3, 0.4) is 0 Å². The maximum absolute atomic E-state index is 12.9. The Morgan fingerprint density at radius 3 is 2.67 bits per heavy atom. The largest absolute Gasteiger partial charge is 0.349 e. The molecule has 1 fully saturated rings. The Balaban J connectivity index is 1.42. The lowest BCUT2D eigenvalue weighted by atomic mass is 10.00. The molecule has 0 unspecified atom stereocenters. The standard InChI is InChI=1S/C27H32BrClN6O/c1-19-26(29)23(34-27(32-19)24-10-9-21(28)18-31-24)12-11-22(20-6-3-2-4-7-20)33-25(36)8-5-15-35-16-13-30-14-17-35/h2-4,6-7,9-10,18,22,30H,5,8,11-17H2,1H3,(H,33,36)/t22-/m0/s1. The number of hydrogen-bond donors (Lipinski definition) is 2. The predicted molar refractivity (Wildman–Crippen MR) is 147 cm³/mol. The quantitative estimate of drug-likeness (QED) is 0.366. The number of piperazine rings is 1. The second-order valence-electron chi connectivity index (χ2n) is 9.02. The van der Waals surface area contributed by atoms with E-state index >= 15 is 0 Å². The van der Waals surface area contributed by atoms with Crippen LogP contribution in [0.4, 0.5) is 0 Å². The molecule has 1 aromatic carbocycles. The molecule has 3 aromatic rings. The number of aromatic nitrogens is 3. The van der Waals surface area contributed by atoms with Crippen LogP contribution < -0.4 is 10.6 Å². The summed E-state index contributed by atoms with van der Waals surface area (Å²) in [5, 5.41) is 7.18. The number of aryl methyl sites for hydroxylation is 2. The number of halogens is 2. The van der Waals surface area contributed by atoms with E-state index in [1.54, 1.807) is 6.20 Å². The molecule has 0 spiro atoms. The third kappa shape index (κ3) is 7.56. The number of nitrogens with one attached hydrogen (secondary N) is 2. The van der Waals surface area contributed by atoms with E-state index in [1.165, 1.54) is 0 Å². The molecular weight excluding hydrogens is 540 g/mol. The van der Waals surface area contributed by atoms with Crippen molar-refractivity contribution < 1.29 is 4.79 Å². The smallest absolute Gasteiger partial charge is 0.220 e. The molecule has 3 heterocycles. The van der Waals surface area contributed by atoms with Gasteiger partial charge in [0.1, 0.15) is 5.69 Å². The molecule has 4 rings (SSSR count). The van der Waals surface area contributed by atoms with Crippen molar-refractivity contribution in [3.05, 3.63) is 75.1 Å². The lowest BCUT2D eigenvalue weighted by molar-refractivity contribution is -0.122. The maximum atomic E-state index is 12.9. The lowest BCUT2D eigenvalue weighted by Crippen LogP contribution is -2.43. The van der Waals surface area contributed by atoms with Crippen LogP contribution in [0.1, 0.15) is 42.3 Å². The molecule has 1 amide bonds. The van der Waals surface area contributed by atoms with Crippen molar-refractivity contribution in [2.45, 2.75) is 38.6 Å². The Kier molecular flexibility index (Phi) is 9.81. The summed E-state index contributed by atoms with van der Waals surface area (Å²) < 4.78 is 0.895. The third-order valence-corrected chi connectivity index (χ3v) is 7.30. The minimum atomic E-state index is -0.126. The number of carbonyl (C=O) groups is 1. The fourth-order valence-corrected chi connectivity index (χ4v) is 4.77. The summed E-state index contributed by atoms with van der Waals surface area (Å²) >= 11 is 10.0. The van der Waals surface area contributed by atoms with E-state index in [4.69, 9.17) is 16.6 Å². The van der Waals surface area contributed by atoms with E-state index in [1.807, 2.05) is 37.3 Å². The van der Waals surface area contributed by atoms with Crippen LogP contribution in [0.25, 0.3) is 11.5 Å². The van der Waals surface area contributed by atoms with Gasteiger partial charge in [-0.2, -0.15) is 0 Å². The average Bonchev–Trinajstić information content (AvgIpc) is 2.90. The lowest BCUT2D eigenvalue weighted by Gasteiger charge is -2.27. The minimum Gasteiger partial charge on any atom is -0.349 e. The highest BCUT2D eigenvalue weighted by atomic mass is 79.9. The first-order valence-electron chi connectivity index (χ1n) is 12.4. The summed E-state index contributed by atoms with van der Waals surface area (Å²) in [7, 11) is 0. The third-order valence-electron chi connectivity index (χ3n) is 6.34. The van der Waals surface area contributed by atoms with E-state index in [-0.39, 0.29) is 11.9 Å². The molecule has 1 aliphatic rings. The van der Waals surface area contributed by atoms with Crippen LogP contribution >= 0.6 is 27.5 Å². The van der Waals surface area contributed by atoms with Gasteiger partial charge in [-0.05, 0) is 66.4 Å². The van der Waals surface area contributed by atoms with E-state index in [0.29, 0.717) is 35.8 Å². The molecule has 1 saturated heterocycles. The molecule has 2 aromatic heterocycles. The first kappa shape index (κ1) is 26.7. The Morgan fingerprint density at radius 2 is 1.94 bits per heavy atom. The van der Waals surface area contributed by atoms with Gasteiger partial charge in [0, 0.05) is 43.3 Å². The van der Waals surface area contributed by atoms with Crippen LogP contribution in [0, 0.1) is 6.92 Å². The number of rotatable bonds is 10. The summed E-state index contributed by atoms with van der Waals surface area (Å²) in [6, 6.07) is 13.8. The van der Waals surface area contributed by atoms with Crippen molar-refractivity contribution in [2.24, 2.45) is 0 Å². The van der Waals surface area contributed by atoms with Gasteiger partial charge in [-0.3, -0.25) is 9.78 Å². The first-order chi connectivity index (χ1) is 17.5. The van der Waals surface area contributed by atoms with E-state index in [2.05, 4.69) is 53.6 Å². The van der Waals surface area contributed by atoms with Crippen molar-refractivity contribution in [1.82, 2.24) is 30.5 Å². The normalized spacial score (nSPS) is 15.0. The van der Waals surface area contributed by atoms with Gasteiger partial charge in [-0.1, -0.05) is 41.9 Å². The molecule has 2 N–H and O–H groups in total. The van der Waals surface area contributed by atoms with Crippen LogP contribution in [0.15, 0.2) is 53.1 Å². The Morgan fingerprint density at radius 1 is 1.17 bits per heavy atom. The molecule has 1 atom stereocenters. The van der Waals surface area contributed by atoms with Gasteiger partial charge in [0.15, 0.2) is 5.82 Å². The van der Waals surface area contributed by atoms with E-state index in [0.717, 1.165) is 60.6 Å². The van der Waals surface area contributed by atoms with Crippen molar-refractivity contribution in [2.75, 3.05) is 32.7 Å². The zero-order chi connectivity index (χ0) is 25.3. The molecule has 9 heteroatoms. The van der Waals surface area contributed by atoms with Gasteiger partial charge < -0.3 is 15.5 Å². The molecule has 0 radical (unpaired) electrons. The maximum Gasteiger partial charge on any atom is 0.220 e. The van der Waals surface area contributed by atoms with Crippen LogP contribution in [-0.2, 0) is 11.2 Å². The highest BCUT2D eigenvalue weighted by molar-refractivity contribution is 9.10. The second-order valence-corrected chi connectivity index (χ2v) is 10.3. The second kappa shape index (κ2) is 13.2. The Hall–Kier alpha value is -2.39. The van der Waals surface area contributed by atoms with Crippen molar-refractivity contribution >= 4 is 33.4 Å². The van der Waals surface area contributed by atoms with E-state index < -0.39 is 0 Å². The number of carbonyl (C=O) groups excluding carboxylic acids is 1. The molecular formula is C27H32BrClN6O. The van der Waals surface area contributed by atoms with Gasteiger partial charge in [-0.15, -0.1) is 0 Å².